The van der Waals surface area contributed by atoms with Gasteiger partial charge in [-0.1, -0.05) is 40.2 Å². The van der Waals surface area contributed by atoms with Crippen molar-refractivity contribution in [3.63, 3.8) is 0 Å². The van der Waals surface area contributed by atoms with Crippen LogP contribution in [0.15, 0.2) is 63.7 Å². The number of fused-ring (bicyclic) bond motifs is 1. The summed E-state index contributed by atoms with van der Waals surface area (Å²) < 4.78 is 11.3. The molecule has 0 radical (unpaired) electrons. The van der Waals surface area contributed by atoms with E-state index in [1.807, 2.05) is 12.1 Å². The molecule has 2 aliphatic heterocycles. The predicted molar refractivity (Wildman–Crippen MR) is 85.5 cm³/mol. The molecule has 0 aromatic heterocycles. The van der Waals surface area contributed by atoms with E-state index in [0.717, 1.165) is 4.47 Å². The Balaban J connectivity index is 1.84. The van der Waals surface area contributed by atoms with Gasteiger partial charge in [0.2, 0.25) is 5.90 Å². The second kappa shape index (κ2) is 5.17. The number of halogens is 1. The summed E-state index contributed by atoms with van der Waals surface area (Å²) in [6.07, 6.45) is 0. The Labute approximate surface area is 139 Å². The molecule has 112 valence electrons. The number of nitrogens with zero attached hydrogens (tertiary/aromatic N) is 1. The van der Waals surface area contributed by atoms with Crippen LogP contribution in [0.5, 0.6) is 0 Å². The Hall–Kier alpha value is -2.73. The van der Waals surface area contributed by atoms with Gasteiger partial charge in [0.15, 0.2) is 11.5 Å². The van der Waals surface area contributed by atoms with E-state index >= 15 is 0 Å². The third-order valence-electron chi connectivity index (χ3n) is 3.47. The molecule has 0 amide bonds. The molecule has 4 rings (SSSR count). The molecule has 0 unspecified atom stereocenters. The van der Waals surface area contributed by atoms with Crippen LogP contribution in [0.2, 0.25) is 0 Å². The average molecular weight is 370 g/mol. The Morgan fingerprint density at radius 1 is 0.870 bits per heavy atom. The molecule has 0 saturated carbocycles. The summed E-state index contributed by atoms with van der Waals surface area (Å²) in [6.45, 7) is 0. The van der Waals surface area contributed by atoms with Gasteiger partial charge in [0, 0.05) is 15.6 Å². The van der Waals surface area contributed by atoms with Crippen LogP contribution in [0.3, 0.4) is 0 Å². The van der Waals surface area contributed by atoms with Gasteiger partial charge in [0.05, 0.1) is 5.56 Å². The Morgan fingerprint density at radius 3 is 2.43 bits per heavy atom. The van der Waals surface area contributed by atoms with E-state index in [-0.39, 0.29) is 17.4 Å². The molecule has 0 aliphatic carbocycles. The molecule has 23 heavy (non-hydrogen) atoms. The molecule has 0 fully saturated rings. The van der Waals surface area contributed by atoms with Crippen LogP contribution < -0.4 is 0 Å². The summed E-state index contributed by atoms with van der Waals surface area (Å²) in [5, 5.41) is 0. The Morgan fingerprint density at radius 2 is 1.65 bits per heavy atom. The first-order valence-electron chi connectivity index (χ1n) is 6.76. The molecule has 2 heterocycles. The standard InChI is InChI=1S/C17H8BrNO4/c18-10-5-3-4-9(8-10)15-19-13(17(21)23-15)14-11-6-1-2-7-12(11)16(20)22-14/h1-8H/b14-13+. The lowest BCUT2D eigenvalue weighted by molar-refractivity contribution is -0.130. The molecular formula is C17H8BrNO4. The lowest BCUT2D eigenvalue weighted by atomic mass is 10.1. The Kier molecular flexibility index (Phi) is 3.12. The van der Waals surface area contributed by atoms with Gasteiger partial charge in [0.1, 0.15) is 0 Å². The average Bonchev–Trinajstić information content (AvgIpc) is 3.09. The van der Waals surface area contributed by atoms with Crippen molar-refractivity contribution >= 4 is 39.5 Å². The monoisotopic (exact) mass is 369 g/mol. The van der Waals surface area contributed by atoms with E-state index in [4.69, 9.17) is 9.47 Å². The number of benzene rings is 2. The maximum Gasteiger partial charge on any atom is 0.367 e. The number of ether oxygens (including phenoxy) is 2. The van der Waals surface area contributed by atoms with Gasteiger partial charge in [-0.3, -0.25) is 0 Å². The highest BCUT2D eigenvalue weighted by Crippen LogP contribution is 2.34. The molecule has 2 aromatic carbocycles. The largest absolute Gasteiger partial charge is 0.420 e. The normalized spacial score (nSPS) is 19.3. The SMILES string of the molecule is O=C1OC(c2cccc(Br)c2)=N/C1=C1/OC(=O)c2ccccc21. The van der Waals surface area contributed by atoms with Crippen molar-refractivity contribution in [2.24, 2.45) is 4.99 Å². The van der Waals surface area contributed by atoms with Crippen molar-refractivity contribution in [3.8, 4) is 0 Å². The number of aliphatic imine (C=N–C) groups is 1. The first-order valence-corrected chi connectivity index (χ1v) is 7.55. The van der Waals surface area contributed by atoms with Crippen LogP contribution in [-0.4, -0.2) is 17.8 Å². The van der Waals surface area contributed by atoms with Crippen molar-refractivity contribution in [2.45, 2.75) is 0 Å². The van der Waals surface area contributed by atoms with Crippen molar-refractivity contribution in [1.29, 1.82) is 0 Å². The third kappa shape index (κ3) is 2.27. The number of hydrogen-bond acceptors (Lipinski definition) is 5. The molecule has 0 atom stereocenters. The fourth-order valence-electron chi connectivity index (χ4n) is 2.43. The van der Waals surface area contributed by atoms with E-state index in [9.17, 15) is 9.59 Å². The van der Waals surface area contributed by atoms with Crippen molar-refractivity contribution < 1.29 is 19.1 Å². The topological polar surface area (TPSA) is 65.0 Å². The fraction of sp³-hybridized carbons (Fsp3) is 0. The molecule has 2 aromatic rings. The zero-order valence-corrected chi connectivity index (χ0v) is 13.2. The fourth-order valence-corrected chi connectivity index (χ4v) is 2.83. The zero-order chi connectivity index (χ0) is 16.0. The van der Waals surface area contributed by atoms with Gasteiger partial charge >= 0.3 is 11.9 Å². The zero-order valence-electron chi connectivity index (χ0n) is 11.6. The Bertz CT molecular complexity index is 930. The summed E-state index contributed by atoms with van der Waals surface area (Å²) >= 11 is 3.36. The van der Waals surface area contributed by atoms with Gasteiger partial charge in [0.25, 0.3) is 0 Å². The third-order valence-corrected chi connectivity index (χ3v) is 3.96. The van der Waals surface area contributed by atoms with Crippen LogP contribution in [0, 0.1) is 0 Å². The van der Waals surface area contributed by atoms with E-state index in [1.165, 1.54) is 0 Å². The minimum Gasteiger partial charge on any atom is -0.420 e. The first-order chi connectivity index (χ1) is 11.1. The first kappa shape index (κ1) is 13.9. The van der Waals surface area contributed by atoms with Crippen molar-refractivity contribution in [1.82, 2.24) is 0 Å². The molecule has 0 saturated heterocycles. The predicted octanol–water partition coefficient (Wildman–Crippen LogP) is 3.29. The summed E-state index contributed by atoms with van der Waals surface area (Å²) in [7, 11) is 0. The molecule has 0 bridgehead atoms. The number of carbonyl (C=O) groups is 2. The number of esters is 2. The van der Waals surface area contributed by atoms with Gasteiger partial charge in [-0.2, -0.15) is 0 Å². The molecule has 2 aliphatic rings. The van der Waals surface area contributed by atoms with Crippen LogP contribution >= 0.6 is 15.9 Å². The van der Waals surface area contributed by atoms with Crippen LogP contribution in [0.4, 0.5) is 0 Å². The second-order valence-corrected chi connectivity index (χ2v) is 5.85. The smallest absolute Gasteiger partial charge is 0.367 e. The second-order valence-electron chi connectivity index (χ2n) is 4.93. The number of rotatable bonds is 1. The molecule has 0 spiro atoms. The number of hydrogen-bond donors (Lipinski definition) is 0. The number of cyclic esters (lactones) is 2. The highest BCUT2D eigenvalue weighted by Gasteiger charge is 2.35. The summed E-state index contributed by atoms with van der Waals surface area (Å²) in [5.74, 6) is -0.818. The van der Waals surface area contributed by atoms with E-state index in [2.05, 4.69) is 20.9 Å². The van der Waals surface area contributed by atoms with Gasteiger partial charge in [-0.15, -0.1) is 0 Å². The molecular weight excluding hydrogens is 362 g/mol. The molecule has 6 heteroatoms. The van der Waals surface area contributed by atoms with Gasteiger partial charge in [-0.05, 0) is 24.3 Å². The molecule has 5 nitrogen and oxygen atoms in total. The summed E-state index contributed by atoms with van der Waals surface area (Å²) in [6, 6.07) is 14.1. The minimum atomic E-state index is -0.639. The van der Waals surface area contributed by atoms with Crippen LogP contribution in [0.1, 0.15) is 21.5 Å². The summed E-state index contributed by atoms with van der Waals surface area (Å²) in [5.41, 5.74) is 1.61. The van der Waals surface area contributed by atoms with Crippen molar-refractivity contribution in [2.75, 3.05) is 0 Å². The van der Waals surface area contributed by atoms with E-state index in [1.54, 1.807) is 36.4 Å². The van der Waals surface area contributed by atoms with Crippen molar-refractivity contribution in [3.05, 3.63) is 75.4 Å². The maximum atomic E-state index is 12.1. The lowest BCUT2D eigenvalue weighted by Crippen LogP contribution is -2.06. The van der Waals surface area contributed by atoms with E-state index in [0.29, 0.717) is 16.7 Å². The van der Waals surface area contributed by atoms with Crippen LogP contribution in [-0.2, 0) is 14.3 Å². The highest BCUT2D eigenvalue weighted by atomic mass is 79.9. The van der Waals surface area contributed by atoms with Crippen LogP contribution in [0.25, 0.3) is 5.76 Å². The molecule has 0 N–H and O–H groups in total. The quantitative estimate of drug-likeness (QED) is 0.571. The lowest BCUT2D eigenvalue weighted by Gasteiger charge is -1.99. The highest BCUT2D eigenvalue weighted by molar-refractivity contribution is 9.10. The minimum absolute atomic E-state index is 0.00160. The maximum absolute atomic E-state index is 12.1. The van der Waals surface area contributed by atoms with Gasteiger partial charge in [-0.25, -0.2) is 14.6 Å². The summed E-state index contributed by atoms with van der Waals surface area (Å²) in [4.78, 5) is 28.2. The van der Waals surface area contributed by atoms with E-state index < -0.39 is 11.9 Å². The van der Waals surface area contributed by atoms with Gasteiger partial charge < -0.3 is 9.47 Å². The number of carbonyl (C=O) groups excluding carboxylic acids is 2.